The van der Waals surface area contributed by atoms with E-state index in [9.17, 15) is 14.0 Å². The first kappa shape index (κ1) is 19.8. The van der Waals surface area contributed by atoms with Gasteiger partial charge in [-0.3, -0.25) is 9.59 Å². The fourth-order valence-corrected chi connectivity index (χ4v) is 4.22. The molecule has 0 spiro atoms. The molecule has 5 rings (SSSR count). The summed E-state index contributed by atoms with van der Waals surface area (Å²) < 4.78 is 19.2. The Morgan fingerprint density at radius 2 is 1.90 bits per heavy atom. The summed E-state index contributed by atoms with van der Waals surface area (Å²) in [5.41, 5.74) is 7.54. The second-order valence-electron chi connectivity index (χ2n) is 8.66. The summed E-state index contributed by atoms with van der Waals surface area (Å²) in [4.78, 5) is 29.1. The number of hydrogen-bond donors (Lipinski definition) is 2. The second kappa shape index (κ2) is 7.23. The Balaban J connectivity index is 1.22. The fourth-order valence-electron chi connectivity index (χ4n) is 4.22. The summed E-state index contributed by atoms with van der Waals surface area (Å²) in [7, 11) is 0. The number of nitrogens with one attached hydrogen (secondary N) is 1. The highest BCUT2D eigenvalue weighted by Gasteiger charge is 2.49. The standard InChI is InChI=1S/C23H25FN4O3/c1-14-13-27(10-11-28(14)22(30)23(25)8-9-23)21(29)16-4-2-15(3-5-16)20-26-18-7-6-17(24)12-19(18)31-20/h2-7,12,14,20,26H,8-11,13,25H2,1H3/t14-,20?/m0/s1. The van der Waals surface area contributed by atoms with Crippen LogP contribution < -0.4 is 15.8 Å². The lowest BCUT2D eigenvalue weighted by Gasteiger charge is -2.41. The first-order valence-electron chi connectivity index (χ1n) is 10.6. The van der Waals surface area contributed by atoms with Crippen LogP contribution in [0.1, 0.15) is 41.9 Å². The van der Waals surface area contributed by atoms with E-state index in [1.807, 2.05) is 24.0 Å². The zero-order chi connectivity index (χ0) is 21.8. The third-order valence-corrected chi connectivity index (χ3v) is 6.33. The number of hydrogen-bond acceptors (Lipinski definition) is 5. The van der Waals surface area contributed by atoms with Gasteiger partial charge in [-0.15, -0.1) is 0 Å². The molecule has 2 atom stereocenters. The maximum absolute atomic E-state index is 13.4. The number of nitrogens with two attached hydrogens (primary N) is 1. The minimum absolute atomic E-state index is 0.00129. The van der Waals surface area contributed by atoms with Crippen molar-refractivity contribution < 1.29 is 18.7 Å². The smallest absolute Gasteiger partial charge is 0.253 e. The van der Waals surface area contributed by atoms with E-state index in [0.29, 0.717) is 30.9 Å². The number of fused-ring (bicyclic) bond motifs is 1. The van der Waals surface area contributed by atoms with Crippen molar-refractivity contribution in [3.63, 3.8) is 0 Å². The van der Waals surface area contributed by atoms with Gasteiger partial charge >= 0.3 is 0 Å². The lowest BCUT2D eigenvalue weighted by atomic mass is 10.1. The molecular formula is C23H25FN4O3. The highest BCUT2D eigenvalue weighted by Crippen LogP contribution is 2.38. The molecule has 31 heavy (non-hydrogen) atoms. The monoisotopic (exact) mass is 424 g/mol. The van der Waals surface area contributed by atoms with Crippen molar-refractivity contribution in [1.29, 1.82) is 0 Å². The molecule has 2 aromatic rings. The molecule has 7 nitrogen and oxygen atoms in total. The largest absolute Gasteiger partial charge is 0.464 e. The summed E-state index contributed by atoms with van der Waals surface area (Å²) in [6, 6.07) is 11.5. The van der Waals surface area contributed by atoms with E-state index in [2.05, 4.69) is 5.32 Å². The van der Waals surface area contributed by atoms with Crippen LogP contribution in [0.15, 0.2) is 42.5 Å². The quantitative estimate of drug-likeness (QED) is 0.791. The summed E-state index contributed by atoms with van der Waals surface area (Å²) in [5.74, 6) is 0.0559. The van der Waals surface area contributed by atoms with Crippen molar-refractivity contribution in [2.75, 3.05) is 25.0 Å². The van der Waals surface area contributed by atoms with Gasteiger partial charge in [-0.05, 0) is 44.0 Å². The SMILES string of the molecule is C[C@H]1CN(C(=O)c2ccc(C3Nc4ccc(F)cc4O3)cc2)CCN1C(=O)C1(N)CC1. The van der Waals surface area contributed by atoms with Crippen LogP contribution in [0.5, 0.6) is 5.75 Å². The Morgan fingerprint density at radius 1 is 1.16 bits per heavy atom. The molecule has 2 fully saturated rings. The van der Waals surface area contributed by atoms with Gasteiger partial charge in [0.15, 0.2) is 6.23 Å². The summed E-state index contributed by atoms with van der Waals surface area (Å²) in [5, 5.41) is 3.20. The molecule has 3 N–H and O–H groups in total. The van der Waals surface area contributed by atoms with E-state index < -0.39 is 11.8 Å². The first-order chi connectivity index (χ1) is 14.8. The van der Waals surface area contributed by atoms with Crippen LogP contribution in [0.2, 0.25) is 0 Å². The van der Waals surface area contributed by atoms with Crippen molar-refractivity contribution in [2.24, 2.45) is 5.73 Å². The minimum atomic E-state index is -0.682. The molecule has 1 saturated heterocycles. The molecule has 0 radical (unpaired) electrons. The molecule has 0 bridgehead atoms. The van der Waals surface area contributed by atoms with Gasteiger partial charge in [-0.25, -0.2) is 4.39 Å². The molecule has 3 aliphatic rings. The molecule has 1 aliphatic carbocycles. The van der Waals surface area contributed by atoms with Gasteiger partial charge in [-0.2, -0.15) is 0 Å². The maximum Gasteiger partial charge on any atom is 0.253 e. The van der Waals surface area contributed by atoms with E-state index in [1.54, 1.807) is 23.1 Å². The zero-order valence-electron chi connectivity index (χ0n) is 17.3. The van der Waals surface area contributed by atoms with Gasteiger partial charge in [0.25, 0.3) is 5.91 Å². The molecule has 1 unspecified atom stereocenters. The highest BCUT2D eigenvalue weighted by atomic mass is 19.1. The van der Waals surface area contributed by atoms with Crippen LogP contribution in [-0.2, 0) is 4.79 Å². The van der Waals surface area contributed by atoms with Crippen LogP contribution in [0, 0.1) is 5.82 Å². The van der Waals surface area contributed by atoms with E-state index in [0.717, 1.165) is 24.1 Å². The highest BCUT2D eigenvalue weighted by molar-refractivity contribution is 5.95. The third-order valence-electron chi connectivity index (χ3n) is 6.33. The number of ether oxygens (including phenoxy) is 1. The number of rotatable bonds is 3. The average Bonchev–Trinajstić information content (AvgIpc) is 3.38. The van der Waals surface area contributed by atoms with Crippen LogP contribution in [0.25, 0.3) is 0 Å². The number of carbonyl (C=O) groups excluding carboxylic acids is 2. The van der Waals surface area contributed by atoms with Gasteiger partial charge in [0.05, 0.1) is 11.2 Å². The number of benzene rings is 2. The number of halogens is 1. The number of nitrogens with zero attached hydrogens (tertiary/aromatic N) is 2. The number of piperazine rings is 1. The van der Waals surface area contributed by atoms with Crippen molar-refractivity contribution in [1.82, 2.24) is 9.80 Å². The molecular weight excluding hydrogens is 399 g/mol. The fraction of sp³-hybridized carbons (Fsp3) is 0.391. The van der Waals surface area contributed by atoms with Crippen LogP contribution in [0.3, 0.4) is 0 Å². The molecule has 1 saturated carbocycles. The Hall–Kier alpha value is -3.13. The Morgan fingerprint density at radius 3 is 2.58 bits per heavy atom. The van der Waals surface area contributed by atoms with Crippen molar-refractivity contribution >= 4 is 17.5 Å². The summed E-state index contributed by atoms with van der Waals surface area (Å²) >= 11 is 0. The van der Waals surface area contributed by atoms with Gasteiger partial charge in [0, 0.05) is 42.9 Å². The van der Waals surface area contributed by atoms with Gasteiger partial charge in [-0.1, -0.05) is 12.1 Å². The zero-order valence-corrected chi connectivity index (χ0v) is 17.3. The molecule has 8 heteroatoms. The van der Waals surface area contributed by atoms with Crippen molar-refractivity contribution in [2.45, 2.75) is 37.6 Å². The van der Waals surface area contributed by atoms with Crippen LogP contribution in [0.4, 0.5) is 10.1 Å². The van der Waals surface area contributed by atoms with Crippen molar-refractivity contribution in [3.05, 3.63) is 59.4 Å². The topological polar surface area (TPSA) is 87.9 Å². The summed E-state index contributed by atoms with van der Waals surface area (Å²) in [6.07, 6.45) is 1.05. The Bertz CT molecular complexity index is 1040. The number of amides is 2. The molecule has 2 amide bonds. The van der Waals surface area contributed by atoms with Gasteiger partial charge < -0.3 is 25.6 Å². The van der Waals surface area contributed by atoms with E-state index in [4.69, 9.17) is 10.5 Å². The van der Waals surface area contributed by atoms with E-state index >= 15 is 0 Å². The van der Waals surface area contributed by atoms with Gasteiger partial charge in [0.1, 0.15) is 11.6 Å². The summed E-state index contributed by atoms with van der Waals surface area (Å²) in [6.45, 7) is 3.42. The normalized spacial score (nSPS) is 23.6. The molecule has 2 aliphatic heterocycles. The Kier molecular flexibility index (Phi) is 4.62. The third kappa shape index (κ3) is 3.61. The Labute approximate surface area is 179 Å². The predicted octanol–water partition coefficient (Wildman–Crippen LogP) is 2.49. The van der Waals surface area contributed by atoms with Crippen LogP contribution in [-0.4, -0.2) is 52.8 Å². The number of anilines is 1. The van der Waals surface area contributed by atoms with Crippen LogP contribution >= 0.6 is 0 Å². The predicted molar refractivity (Wildman–Crippen MR) is 113 cm³/mol. The minimum Gasteiger partial charge on any atom is -0.464 e. The lowest BCUT2D eigenvalue weighted by Crippen LogP contribution is -2.59. The molecule has 0 aromatic heterocycles. The average molecular weight is 424 g/mol. The number of carbonyl (C=O) groups is 2. The van der Waals surface area contributed by atoms with E-state index in [1.165, 1.54) is 12.1 Å². The lowest BCUT2D eigenvalue weighted by molar-refractivity contribution is -0.137. The van der Waals surface area contributed by atoms with Crippen molar-refractivity contribution in [3.8, 4) is 5.75 Å². The van der Waals surface area contributed by atoms with E-state index in [-0.39, 0.29) is 23.7 Å². The first-order valence-corrected chi connectivity index (χ1v) is 10.6. The second-order valence-corrected chi connectivity index (χ2v) is 8.66. The maximum atomic E-state index is 13.4. The molecule has 2 heterocycles. The van der Waals surface area contributed by atoms with Gasteiger partial charge in [0.2, 0.25) is 5.91 Å². The molecule has 2 aromatic carbocycles. The molecule has 162 valence electrons.